The van der Waals surface area contributed by atoms with Gasteiger partial charge in [0.05, 0.1) is 11.7 Å². The molecular formula is C24H18ClFN4S. The summed E-state index contributed by atoms with van der Waals surface area (Å²) in [5.41, 5.74) is 3.64. The van der Waals surface area contributed by atoms with Gasteiger partial charge in [-0.2, -0.15) is 0 Å². The average molecular weight is 449 g/mol. The molecule has 0 aliphatic carbocycles. The van der Waals surface area contributed by atoms with Crippen molar-refractivity contribution in [1.82, 2.24) is 14.9 Å². The molecule has 1 aliphatic heterocycles. The number of pyridine rings is 1. The Morgan fingerprint density at radius 1 is 0.935 bits per heavy atom. The van der Waals surface area contributed by atoms with Crippen LogP contribution in [-0.4, -0.2) is 14.7 Å². The molecule has 2 atom stereocenters. The predicted molar refractivity (Wildman–Crippen MR) is 125 cm³/mol. The number of nitrogens with zero attached hydrogens (tertiary/aromatic N) is 3. The summed E-state index contributed by atoms with van der Waals surface area (Å²) in [6, 6.07) is 23.6. The Bertz CT molecular complexity index is 1230. The van der Waals surface area contributed by atoms with Crippen LogP contribution >= 0.6 is 23.8 Å². The van der Waals surface area contributed by atoms with E-state index in [1.807, 2.05) is 59.6 Å². The number of benzene rings is 2. The lowest BCUT2D eigenvalue weighted by molar-refractivity contribution is 0.549. The average Bonchev–Trinajstić information content (AvgIpc) is 3.39. The Kier molecular flexibility index (Phi) is 5.18. The minimum absolute atomic E-state index is 0.188. The second-order valence-electron chi connectivity index (χ2n) is 7.26. The molecule has 0 saturated carbocycles. The molecule has 0 unspecified atom stereocenters. The maximum atomic E-state index is 13.6. The molecular weight excluding hydrogens is 431 g/mol. The fourth-order valence-corrected chi connectivity index (χ4v) is 4.56. The second-order valence-corrected chi connectivity index (χ2v) is 8.08. The van der Waals surface area contributed by atoms with Crippen molar-refractivity contribution in [2.24, 2.45) is 0 Å². The van der Waals surface area contributed by atoms with Gasteiger partial charge in [-0.3, -0.25) is 4.98 Å². The standard InChI is InChI=1S/C24H18ClFN4S/c25-16-5-3-6-19(15-16)29-14-4-8-21(29)23-22(20-7-1-2-13-27-20)28-24(31)30(23)18-11-9-17(26)10-12-18/h1-15,22-23H,(H,28,31)/t22-,23+/m0/s1. The van der Waals surface area contributed by atoms with Gasteiger partial charge in [0.15, 0.2) is 5.11 Å². The van der Waals surface area contributed by atoms with Gasteiger partial charge < -0.3 is 14.8 Å². The molecule has 1 saturated heterocycles. The lowest BCUT2D eigenvalue weighted by Gasteiger charge is -2.29. The molecule has 2 aromatic carbocycles. The van der Waals surface area contributed by atoms with Crippen molar-refractivity contribution in [1.29, 1.82) is 0 Å². The van der Waals surface area contributed by atoms with E-state index in [1.165, 1.54) is 12.1 Å². The smallest absolute Gasteiger partial charge is 0.174 e. The quantitative estimate of drug-likeness (QED) is 0.397. The van der Waals surface area contributed by atoms with Crippen molar-refractivity contribution in [2.45, 2.75) is 12.1 Å². The fraction of sp³-hybridized carbons (Fsp3) is 0.0833. The largest absolute Gasteiger partial charge is 0.351 e. The summed E-state index contributed by atoms with van der Waals surface area (Å²) in [5, 5.41) is 4.65. The van der Waals surface area contributed by atoms with E-state index in [9.17, 15) is 4.39 Å². The summed E-state index contributed by atoms with van der Waals surface area (Å²) in [4.78, 5) is 6.59. The zero-order chi connectivity index (χ0) is 21.4. The van der Waals surface area contributed by atoms with Gasteiger partial charge in [-0.25, -0.2) is 4.39 Å². The molecule has 0 radical (unpaired) electrons. The Hall–Kier alpha value is -3.22. The van der Waals surface area contributed by atoms with Crippen LogP contribution in [0.1, 0.15) is 23.5 Å². The van der Waals surface area contributed by atoms with Gasteiger partial charge in [0.2, 0.25) is 0 Å². The van der Waals surface area contributed by atoms with Crippen molar-refractivity contribution in [3.8, 4) is 5.69 Å². The topological polar surface area (TPSA) is 33.1 Å². The molecule has 0 bridgehead atoms. The number of hydrogen-bond donors (Lipinski definition) is 1. The van der Waals surface area contributed by atoms with Gasteiger partial charge in [-0.1, -0.05) is 23.7 Å². The lowest BCUT2D eigenvalue weighted by Crippen LogP contribution is -2.30. The van der Waals surface area contributed by atoms with Crippen LogP contribution < -0.4 is 10.2 Å². The molecule has 5 rings (SSSR count). The molecule has 31 heavy (non-hydrogen) atoms. The van der Waals surface area contributed by atoms with E-state index in [-0.39, 0.29) is 17.9 Å². The Morgan fingerprint density at radius 3 is 2.52 bits per heavy atom. The van der Waals surface area contributed by atoms with E-state index in [0.717, 1.165) is 22.8 Å². The van der Waals surface area contributed by atoms with Gasteiger partial charge in [-0.05, 0) is 78.9 Å². The Morgan fingerprint density at radius 2 is 1.77 bits per heavy atom. The van der Waals surface area contributed by atoms with Crippen LogP contribution in [0.15, 0.2) is 91.3 Å². The Balaban J connectivity index is 1.67. The summed E-state index contributed by atoms with van der Waals surface area (Å²) >= 11 is 12.0. The number of anilines is 1. The predicted octanol–water partition coefficient (Wildman–Crippen LogP) is 5.84. The van der Waals surface area contributed by atoms with E-state index in [1.54, 1.807) is 18.3 Å². The molecule has 2 aromatic heterocycles. The van der Waals surface area contributed by atoms with Crippen LogP contribution in [0, 0.1) is 5.82 Å². The summed E-state index contributed by atoms with van der Waals surface area (Å²) in [6.45, 7) is 0. The molecule has 4 aromatic rings. The highest BCUT2D eigenvalue weighted by molar-refractivity contribution is 7.80. The fourth-order valence-electron chi connectivity index (χ4n) is 4.03. The van der Waals surface area contributed by atoms with Gasteiger partial charge in [0.25, 0.3) is 0 Å². The zero-order valence-electron chi connectivity index (χ0n) is 16.3. The third-order valence-corrected chi connectivity index (χ3v) is 5.92. The molecule has 1 fully saturated rings. The first kappa shape index (κ1) is 19.7. The maximum absolute atomic E-state index is 13.6. The molecule has 0 spiro atoms. The summed E-state index contributed by atoms with van der Waals surface area (Å²) < 4.78 is 15.7. The third-order valence-electron chi connectivity index (χ3n) is 5.37. The second kappa shape index (κ2) is 8.13. The van der Waals surface area contributed by atoms with Crippen LogP contribution in [0.4, 0.5) is 10.1 Å². The molecule has 1 aliphatic rings. The van der Waals surface area contributed by atoms with Crippen molar-refractivity contribution >= 4 is 34.6 Å². The van der Waals surface area contributed by atoms with Crippen LogP contribution in [0.5, 0.6) is 0 Å². The molecule has 4 nitrogen and oxygen atoms in total. The highest BCUT2D eigenvalue weighted by Gasteiger charge is 2.42. The van der Waals surface area contributed by atoms with Crippen LogP contribution in [-0.2, 0) is 0 Å². The minimum Gasteiger partial charge on any atom is -0.351 e. The molecule has 3 heterocycles. The number of halogens is 2. The number of hydrogen-bond acceptors (Lipinski definition) is 2. The van der Waals surface area contributed by atoms with E-state index < -0.39 is 0 Å². The first-order chi connectivity index (χ1) is 15.1. The number of nitrogens with one attached hydrogen (secondary N) is 1. The molecule has 0 amide bonds. The van der Waals surface area contributed by atoms with Gasteiger partial charge >= 0.3 is 0 Å². The van der Waals surface area contributed by atoms with Gasteiger partial charge in [0, 0.05) is 34.5 Å². The van der Waals surface area contributed by atoms with E-state index >= 15 is 0 Å². The first-order valence-electron chi connectivity index (χ1n) is 9.81. The van der Waals surface area contributed by atoms with Crippen molar-refractivity contribution in [3.63, 3.8) is 0 Å². The lowest BCUT2D eigenvalue weighted by atomic mass is 10.0. The van der Waals surface area contributed by atoms with Gasteiger partial charge in [0.1, 0.15) is 11.9 Å². The summed E-state index contributed by atoms with van der Waals surface area (Å²) in [5.74, 6) is -0.290. The molecule has 7 heteroatoms. The molecule has 154 valence electrons. The normalized spacial score (nSPS) is 18.3. The van der Waals surface area contributed by atoms with Crippen LogP contribution in [0.2, 0.25) is 5.02 Å². The van der Waals surface area contributed by atoms with Crippen molar-refractivity contribution in [3.05, 3.63) is 113 Å². The highest BCUT2D eigenvalue weighted by atomic mass is 35.5. The minimum atomic E-state index is -0.290. The SMILES string of the molecule is Fc1ccc(N2C(=S)N[C@@H](c3ccccn3)[C@H]2c2cccn2-c2cccc(Cl)c2)cc1. The first-order valence-corrected chi connectivity index (χ1v) is 10.6. The van der Waals surface area contributed by atoms with Gasteiger partial charge in [-0.15, -0.1) is 0 Å². The molecule has 1 N–H and O–H groups in total. The van der Waals surface area contributed by atoms with Crippen LogP contribution in [0.3, 0.4) is 0 Å². The zero-order valence-corrected chi connectivity index (χ0v) is 17.9. The van der Waals surface area contributed by atoms with Crippen molar-refractivity contribution < 1.29 is 4.39 Å². The number of thiocarbonyl (C=S) groups is 1. The van der Waals surface area contributed by atoms with Crippen molar-refractivity contribution in [2.75, 3.05) is 4.90 Å². The van der Waals surface area contributed by atoms with E-state index in [4.69, 9.17) is 23.8 Å². The maximum Gasteiger partial charge on any atom is 0.174 e. The van der Waals surface area contributed by atoms with Crippen LogP contribution in [0.25, 0.3) is 5.69 Å². The third kappa shape index (κ3) is 3.69. The Labute approximate surface area is 189 Å². The monoisotopic (exact) mass is 448 g/mol. The number of aromatic nitrogens is 2. The summed E-state index contributed by atoms with van der Waals surface area (Å²) in [6.07, 6.45) is 3.77. The van der Waals surface area contributed by atoms with E-state index in [0.29, 0.717) is 10.1 Å². The van der Waals surface area contributed by atoms with E-state index in [2.05, 4.69) is 20.9 Å². The highest BCUT2D eigenvalue weighted by Crippen LogP contribution is 2.42. The number of rotatable bonds is 4. The summed E-state index contributed by atoms with van der Waals surface area (Å²) in [7, 11) is 0.